The predicted octanol–water partition coefficient (Wildman–Crippen LogP) is 5.27. The summed E-state index contributed by atoms with van der Waals surface area (Å²) in [6.45, 7) is 0.357. The number of nitrogens with zero attached hydrogens (tertiary/aromatic N) is 1. The SMILES string of the molecule is COC(=O)c1scc(NC(=O)Nc2cc(NCc3cccc4cccnc34)c(OC)cc2F)c1C(=O)OC. The van der Waals surface area contributed by atoms with Crippen LogP contribution in [0.3, 0.4) is 0 Å². The molecule has 196 valence electrons. The number of pyridine rings is 1. The van der Waals surface area contributed by atoms with Gasteiger partial charge in [0.25, 0.3) is 0 Å². The van der Waals surface area contributed by atoms with Gasteiger partial charge in [-0.05, 0) is 17.7 Å². The third kappa shape index (κ3) is 5.49. The summed E-state index contributed by atoms with van der Waals surface area (Å²) in [6, 6.07) is 11.3. The molecule has 0 aliphatic rings. The van der Waals surface area contributed by atoms with Crippen molar-refractivity contribution in [1.82, 2.24) is 4.98 Å². The van der Waals surface area contributed by atoms with Gasteiger partial charge in [0, 0.05) is 29.6 Å². The van der Waals surface area contributed by atoms with Crippen molar-refractivity contribution in [2.45, 2.75) is 6.54 Å². The molecule has 4 rings (SSSR count). The fourth-order valence-electron chi connectivity index (χ4n) is 3.73. The fraction of sp³-hybridized carbons (Fsp3) is 0.154. The van der Waals surface area contributed by atoms with Crippen LogP contribution in [0.1, 0.15) is 25.6 Å². The first kappa shape index (κ1) is 26.4. The zero-order valence-corrected chi connectivity index (χ0v) is 21.4. The van der Waals surface area contributed by atoms with E-state index in [0.717, 1.165) is 48.1 Å². The molecule has 0 bridgehead atoms. The number of methoxy groups -OCH3 is 3. The van der Waals surface area contributed by atoms with E-state index >= 15 is 0 Å². The summed E-state index contributed by atoms with van der Waals surface area (Å²) >= 11 is 0.893. The van der Waals surface area contributed by atoms with Crippen LogP contribution < -0.4 is 20.7 Å². The van der Waals surface area contributed by atoms with Crippen molar-refractivity contribution < 1.29 is 33.0 Å². The van der Waals surface area contributed by atoms with E-state index in [2.05, 4.69) is 25.7 Å². The summed E-state index contributed by atoms with van der Waals surface area (Å²) < 4.78 is 29.5. The van der Waals surface area contributed by atoms with Crippen molar-refractivity contribution in [3.63, 3.8) is 0 Å². The molecule has 0 saturated carbocycles. The van der Waals surface area contributed by atoms with Gasteiger partial charge in [-0.2, -0.15) is 0 Å². The first-order valence-corrected chi connectivity index (χ1v) is 12.0. The number of amides is 2. The Morgan fingerprint density at radius 3 is 2.42 bits per heavy atom. The van der Waals surface area contributed by atoms with Crippen molar-refractivity contribution in [2.24, 2.45) is 0 Å². The maximum atomic E-state index is 14.8. The van der Waals surface area contributed by atoms with Gasteiger partial charge < -0.3 is 30.2 Å². The van der Waals surface area contributed by atoms with Crippen LogP contribution in [0, 0.1) is 5.82 Å². The van der Waals surface area contributed by atoms with Gasteiger partial charge in [-0.25, -0.2) is 18.8 Å². The number of nitrogens with one attached hydrogen (secondary N) is 3. The Morgan fingerprint density at radius 1 is 0.947 bits per heavy atom. The Kier molecular flexibility index (Phi) is 8.02. The number of hydrogen-bond acceptors (Lipinski definition) is 9. The van der Waals surface area contributed by atoms with E-state index < -0.39 is 23.8 Å². The molecule has 4 aromatic rings. The van der Waals surface area contributed by atoms with E-state index in [1.807, 2.05) is 30.3 Å². The van der Waals surface area contributed by atoms with Gasteiger partial charge in [0.2, 0.25) is 0 Å². The number of ether oxygens (including phenoxy) is 3. The Hall–Kier alpha value is -4.71. The number of halogens is 1. The normalized spacial score (nSPS) is 10.5. The monoisotopic (exact) mass is 538 g/mol. The Bertz CT molecular complexity index is 1520. The minimum atomic E-state index is -0.849. The van der Waals surface area contributed by atoms with Crippen LogP contribution in [-0.2, 0) is 16.0 Å². The van der Waals surface area contributed by atoms with Crippen LogP contribution in [0.5, 0.6) is 5.75 Å². The number of aromatic nitrogens is 1. The molecule has 0 aliphatic carbocycles. The second kappa shape index (κ2) is 11.6. The quantitative estimate of drug-likeness (QED) is 0.259. The molecule has 3 N–H and O–H groups in total. The number of fused-ring (bicyclic) bond motifs is 1. The van der Waals surface area contributed by atoms with Gasteiger partial charge in [-0.15, -0.1) is 11.3 Å². The first-order valence-electron chi connectivity index (χ1n) is 11.2. The lowest BCUT2D eigenvalue weighted by Crippen LogP contribution is -2.22. The van der Waals surface area contributed by atoms with Gasteiger partial charge in [-0.3, -0.25) is 4.98 Å². The second-order valence-electron chi connectivity index (χ2n) is 7.79. The van der Waals surface area contributed by atoms with Crippen molar-refractivity contribution in [1.29, 1.82) is 0 Å². The molecule has 38 heavy (non-hydrogen) atoms. The fourth-order valence-corrected chi connectivity index (χ4v) is 4.63. The van der Waals surface area contributed by atoms with Crippen LogP contribution in [-0.4, -0.2) is 44.3 Å². The number of carbonyl (C=O) groups is 3. The molecule has 0 saturated heterocycles. The summed E-state index contributed by atoms with van der Waals surface area (Å²) in [4.78, 5) is 41.4. The molecule has 0 atom stereocenters. The van der Waals surface area contributed by atoms with Gasteiger partial charge in [-0.1, -0.05) is 24.3 Å². The third-order valence-electron chi connectivity index (χ3n) is 5.52. The van der Waals surface area contributed by atoms with Crippen LogP contribution >= 0.6 is 11.3 Å². The second-order valence-corrected chi connectivity index (χ2v) is 8.67. The zero-order chi connectivity index (χ0) is 27.2. The minimum Gasteiger partial charge on any atom is -0.494 e. The number of rotatable bonds is 8. The number of esters is 2. The molecular formula is C26H23FN4O6S. The molecule has 2 aromatic heterocycles. The highest BCUT2D eigenvalue weighted by molar-refractivity contribution is 7.13. The van der Waals surface area contributed by atoms with E-state index in [0.29, 0.717) is 12.2 Å². The molecule has 2 heterocycles. The molecule has 0 spiro atoms. The molecule has 0 fully saturated rings. The van der Waals surface area contributed by atoms with Gasteiger partial charge in [0.05, 0.1) is 43.9 Å². The van der Waals surface area contributed by atoms with Crippen molar-refractivity contribution in [2.75, 3.05) is 37.3 Å². The smallest absolute Gasteiger partial charge is 0.349 e. The number of thiophene rings is 1. The summed E-state index contributed by atoms with van der Waals surface area (Å²) in [7, 11) is 3.71. The van der Waals surface area contributed by atoms with Crippen molar-refractivity contribution in [3.05, 3.63) is 75.9 Å². The average Bonchev–Trinajstić information content (AvgIpc) is 3.35. The van der Waals surface area contributed by atoms with E-state index in [9.17, 15) is 18.8 Å². The van der Waals surface area contributed by atoms with E-state index in [1.165, 1.54) is 18.6 Å². The van der Waals surface area contributed by atoms with Crippen molar-refractivity contribution >= 4 is 57.3 Å². The molecular weight excluding hydrogens is 515 g/mol. The summed E-state index contributed by atoms with van der Waals surface area (Å²) in [5, 5.41) is 10.4. The lowest BCUT2D eigenvalue weighted by Gasteiger charge is -2.15. The molecule has 2 amide bonds. The van der Waals surface area contributed by atoms with Crippen LogP contribution in [0.15, 0.2) is 54.0 Å². The number of urea groups is 1. The molecule has 2 aromatic carbocycles. The first-order chi connectivity index (χ1) is 18.4. The van der Waals surface area contributed by atoms with E-state index in [4.69, 9.17) is 9.47 Å². The van der Waals surface area contributed by atoms with Crippen LogP contribution in [0.2, 0.25) is 0 Å². The highest BCUT2D eigenvalue weighted by Gasteiger charge is 2.26. The number of hydrogen-bond donors (Lipinski definition) is 3. The standard InChI is InChI=1S/C26H23FN4O6S/c1-35-20-10-16(27)17(11-18(20)29-12-15-7-4-6-14-8-5-9-28-22(14)15)30-26(34)31-19-13-38-23(25(33)37-3)21(19)24(32)36-2/h4-11,13,29H,12H2,1-3H3,(H2,30,31,34). The Labute approximate surface area is 220 Å². The number of benzene rings is 2. The number of anilines is 3. The number of carbonyl (C=O) groups excluding carboxylic acids is 3. The minimum absolute atomic E-state index is 0.00970. The highest BCUT2D eigenvalue weighted by atomic mass is 32.1. The van der Waals surface area contributed by atoms with Crippen LogP contribution in [0.25, 0.3) is 10.9 Å². The maximum absolute atomic E-state index is 14.8. The van der Waals surface area contributed by atoms with Gasteiger partial charge in [0.1, 0.15) is 16.2 Å². The lowest BCUT2D eigenvalue weighted by atomic mass is 10.1. The third-order valence-corrected chi connectivity index (χ3v) is 6.48. The van der Waals surface area contributed by atoms with Gasteiger partial charge >= 0.3 is 18.0 Å². The highest BCUT2D eigenvalue weighted by Crippen LogP contribution is 2.33. The summed E-state index contributed by atoms with van der Waals surface area (Å²) in [6.07, 6.45) is 1.71. The topological polar surface area (TPSA) is 128 Å². The van der Waals surface area contributed by atoms with Crippen molar-refractivity contribution in [3.8, 4) is 5.75 Å². The molecule has 12 heteroatoms. The zero-order valence-electron chi connectivity index (χ0n) is 20.6. The largest absolute Gasteiger partial charge is 0.494 e. The summed E-state index contributed by atoms with van der Waals surface area (Å²) in [5.41, 5.74) is 1.86. The molecule has 0 unspecified atom stereocenters. The van der Waals surface area contributed by atoms with Gasteiger partial charge in [0.15, 0.2) is 5.82 Å². The average molecular weight is 539 g/mol. The van der Waals surface area contributed by atoms with E-state index in [1.54, 1.807) is 6.20 Å². The molecule has 10 nitrogen and oxygen atoms in total. The Morgan fingerprint density at radius 2 is 1.68 bits per heavy atom. The lowest BCUT2D eigenvalue weighted by molar-refractivity contribution is 0.0561. The van der Waals surface area contributed by atoms with E-state index in [-0.39, 0.29) is 27.6 Å². The number of para-hydroxylation sites is 1. The maximum Gasteiger partial charge on any atom is 0.349 e. The Balaban J connectivity index is 1.55. The molecule has 0 radical (unpaired) electrons. The van der Waals surface area contributed by atoms with Crippen LogP contribution in [0.4, 0.5) is 26.2 Å². The predicted molar refractivity (Wildman–Crippen MR) is 142 cm³/mol. The molecule has 0 aliphatic heterocycles. The summed E-state index contributed by atoms with van der Waals surface area (Å²) in [5.74, 6) is -2.12.